The van der Waals surface area contributed by atoms with Crippen molar-refractivity contribution in [1.82, 2.24) is 15.0 Å². The molecule has 5 heteroatoms. The molecule has 1 aromatic heterocycles. The van der Waals surface area contributed by atoms with Gasteiger partial charge in [-0.15, -0.1) is 0 Å². The highest BCUT2D eigenvalue weighted by atomic mass is 15.0. The second kappa shape index (κ2) is 19.9. The lowest BCUT2D eigenvalue weighted by molar-refractivity contribution is 0.692. The van der Waals surface area contributed by atoms with Gasteiger partial charge < -0.3 is 0 Å². The van der Waals surface area contributed by atoms with Gasteiger partial charge in [-0.2, -0.15) is 0 Å². The van der Waals surface area contributed by atoms with E-state index in [1.54, 1.807) is 0 Å². The van der Waals surface area contributed by atoms with Crippen LogP contribution in [-0.2, 0) is 11.8 Å². The van der Waals surface area contributed by atoms with Crippen LogP contribution in [0.1, 0.15) is 95.3 Å². The van der Waals surface area contributed by atoms with Gasteiger partial charge in [0.05, 0.1) is 6.04 Å². The van der Waals surface area contributed by atoms with Crippen molar-refractivity contribution in [3.8, 4) is 34.2 Å². The van der Waals surface area contributed by atoms with Crippen molar-refractivity contribution in [2.45, 2.75) is 51.5 Å². The van der Waals surface area contributed by atoms with Crippen LogP contribution in [0.25, 0.3) is 73.9 Å². The summed E-state index contributed by atoms with van der Waals surface area (Å²) < 4.78 is 0. The number of hydrogen-bond acceptors (Lipinski definition) is 4. The SMILES string of the molecule is CC(=NC(=NC(C)c1ccc2ccccc2c1)c1ccc(C(C)(c2ccccc2)c2ccc(-c3nc(-c4ccc5c(c4)C=CCC5)nc(-c4ccc5ccccc5c4)n3)cc2)cc1)c1ccc2c(c1)C=CCC=C2. The molecular formula is C69H55N5. The highest BCUT2D eigenvalue weighted by Gasteiger charge is 2.31. The number of nitrogens with zero attached hydrogens (tertiary/aromatic N) is 5. The molecule has 2 unspecified atom stereocenters. The lowest BCUT2D eigenvalue weighted by Crippen LogP contribution is -2.25. The molecule has 12 rings (SSSR count). The zero-order valence-corrected chi connectivity index (χ0v) is 42.0. The van der Waals surface area contributed by atoms with E-state index in [2.05, 4.69) is 257 Å². The second-order valence-corrected chi connectivity index (χ2v) is 19.7. The summed E-state index contributed by atoms with van der Waals surface area (Å²) >= 11 is 0. The maximum Gasteiger partial charge on any atom is 0.164 e. The van der Waals surface area contributed by atoms with Crippen LogP contribution in [0.4, 0.5) is 0 Å². The fourth-order valence-electron chi connectivity index (χ4n) is 10.5. The zero-order valence-electron chi connectivity index (χ0n) is 42.0. The third kappa shape index (κ3) is 9.25. The van der Waals surface area contributed by atoms with Gasteiger partial charge in [0.2, 0.25) is 0 Å². The second-order valence-electron chi connectivity index (χ2n) is 19.7. The number of aliphatic imine (C=N–C) groups is 2. The Morgan fingerprint density at radius 2 is 1.03 bits per heavy atom. The van der Waals surface area contributed by atoms with Crippen molar-refractivity contribution in [3.63, 3.8) is 0 Å². The molecular weight excluding hydrogens is 899 g/mol. The molecule has 5 nitrogen and oxygen atoms in total. The minimum atomic E-state index is -0.520. The Hall–Kier alpha value is -8.93. The zero-order chi connectivity index (χ0) is 50.0. The molecule has 0 fully saturated rings. The molecule has 2 atom stereocenters. The van der Waals surface area contributed by atoms with E-state index in [9.17, 15) is 0 Å². The van der Waals surface area contributed by atoms with Crippen molar-refractivity contribution in [3.05, 3.63) is 274 Å². The predicted molar refractivity (Wildman–Crippen MR) is 310 cm³/mol. The van der Waals surface area contributed by atoms with Gasteiger partial charge in [-0.1, -0.05) is 212 Å². The Labute approximate surface area is 433 Å². The van der Waals surface area contributed by atoms with E-state index in [0.29, 0.717) is 23.3 Å². The monoisotopic (exact) mass is 953 g/mol. The van der Waals surface area contributed by atoms with Crippen LogP contribution in [-0.4, -0.2) is 26.5 Å². The van der Waals surface area contributed by atoms with Gasteiger partial charge in [0, 0.05) is 33.4 Å². The molecule has 0 radical (unpaired) electrons. The lowest BCUT2D eigenvalue weighted by Gasteiger charge is -2.32. The van der Waals surface area contributed by atoms with Crippen LogP contribution in [0.2, 0.25) is 0 Å². The van der Waals surface area contributed by atoms with Gasteiger partial charge in [-0.25, -0.2) is 19.9 Å². The Kier molecular flexibility index (Phi) is 12.4. The van der Waals surface area contributed by atoms with Gasteiger partial charge >= 0.3 is 0 Å². The Morgan fingerprint density at radius 1 is 0.473 bits per heavy atom. The molecule has 0 saturated carbocycles. The molecule has 2 aliphatic carbocycles. The van der Waals surface area contributed by atoms with Crippen molar-refractivity contribution in [2.75, 3.05) is 0 Å². The highest BCUT2D eigenvalue weighted by molar-refractivity contribution is 6.12. The quantitative estimate of drug-likeness (QED) is 0.0779. The summed E-state index contributed by atoms with van der Waals surface area (Å²) in [6.07, 6.45) is 16.3. The minimum absolute atomic E-state index is 0.140. The highest BCUT2D eigenvalue weighted by Crippen LogP contribution is 2.40. The normalized spacial score (nSPS) is 14.6. The fraction of sp³-hybridized carbons (Fsp3) is 0.116. The molecule has 10 aromatic rings. The number of hydrogen-bond donors (Lipinski definition) is 0. The third-order valence-electron chi connectivity index (χ3n) is 14.9. The van der Waals surface area contributed by atoms with Crippen LogP contribution in [0.15, 0.2) is 228 Å². The van der Waals surface area contributed by atoms with Crippen molar-refractivity contribution in [1.29, 1.82) is 0 Å². The molecule has 0 saturated heterocycles. The summed E-state index contributed by atoms with van der Waals surface area (Å²) in [5.74, 6) is 2.62. The smallest absolute Gasteiger partial charge is 0.164 e. The molecule has 0 N–H and O–H groups in total. The molecule has 0 bridgehead atoms. The van der Waals surface area contributed by atoms with E-state index in [0.717, 1.165) is 74.9 Å². The van der Waals surface area contributed by atoms with Gasteiger partial charge in [-0.3, -0.25) is 4.99 Å². The molecule has 9 aromatic carbocycles. The summed E-state index contributed by atoms with van der Waals surface area (Å²) in [7, 11) is 0. The molecule has 0 spiro atoms. The average Bonchev–Trinajstić information content (AvgIpc) is 3.72. The Balaban J connectivity index is 0.923. The molecule has 74 heavy (non-hydrogen) atoms. The Morgan fingerprint density at radius 3 is 1.76 bits per heavy atom. The number of allylic oxidation sites excluding steroid dienone is 3. The standard InChI is InChI=1S/C69H55N5/c1-46(54-30-26-48-16-6-4-7-20-56(48)42-54)70-65(71-47(2)55-31-27-49-17-10-13-21-57(49)43-55)52-34-38-63(39-35-52)69(3,62-24-8-5-9-25-62)64-40-36-53(37-41-64)66-72-67(60-32-28-50-18-11-14-22-58(50)44-60)74-68(73-66)61-33-29-51-19-12-15-23-59(51)45-61/h5-11,13-18,20-45,47H,4,12,19H2,1-3H3. The first-order valence-electron chi connectivity index (χ1n) is 25.7. The number of benzene rings is 9. The molecule has 1 heterocycles. The van der Waals surface area contributed by atoms with Gasteiger partial charge in [0.25, 0.3) is 0 Å². The van der Waals surface area contributed by atoms with E-state index in [-0.39, 0.29) is 6.04 Å². The summed E-state index contributed by atoms with van der Waals surface area (Å²) in [5.41, 5.74) is 14.8. The maximum atomic E-state index is 5.41. The first-order chi connectivity index (χ1) is 36.3. The van der Waals surface area contributed by atoms with Crippen molar-refractivity contribution < 1.29 is 0 Å². The third-order valence-corrected chi connectivity index (χ3v) is 14.9. The average molecular weight is 954 g/mol. The summed E-state index contributed by atoms with van der Waals surface area (Å²) in [4.78, 5) is 26.3. The van der Waals surface area contributed by atoms with E-state index in [4.69, 9.17) is 24.9 Å². The van der Waals surface area contributed by atoms with E-state index in [1.807, 2.05) is 0 Å². The van der Waals surface area contributed by atoms with E-state index in [1.165, 1.54) is 44.0 Å². The van der Waals surface area contributed by atoms with Crippen LogP contribution >= 0.6 is 0 Å². The molecule has 0 aliphatic heterocycles. The summed E-state index contributed by atoms with van der Waals surface area (Å²) in [6, 6.07) is 71.4. The minimum Gasteiger partial charge on any atom is -0.258 e. The molecule has 356 valence electrons. The van der Waals surface area contributed by atoms with Crippen LogP contribution in [0, 0.1) is 0 Å². The van der Waals surface area contributed by atoms with Gasteiger partial charge in [-0.05, 0) is 136 Å². The van der Waals surface area contributed by atoms with Gasteiger partial charge in [0.15, 0.2) is 23.3 Å². The first-order valence-corrected chi connectivity index (χ1v) is 25.7. The number of fused-ring (bicyclic) bond motifs is 4. The number of amidine groups is 1. The van der Waals surface area contributed by atoms with Crippen molar-refractivity contribution >= 4 is 51.3 Å². The number of aromatic nitrogens is 3. The topological polar surface area (TPSA) is 63.4 Å². The first kappa shape index (κ1) is 46.2. The van der Waals surface area contributed by atoms with E-state index >= 15 is 0 Å². The molecule has 0 amide bonds. The van der Waals surface area contributed by atoms with Crippen LogP contribution in [0.3, 0.4) is 0 Å². The largest absolute Gasteiger partial charge is 0.258 e. The van der Waals surface area contributed by atoms with Gasteiger partial charge in [0.1, 0.15) is 0 Å². The number of aryl methyl sites for hydroxylation is 1. The molecule has 2 aliphatic rings. The maximum absolute atomic E-state index is 5.41. The lowest BCUT2D eigenvalue weighted by atomic mass is 9.71. The predicted octanol–water partition coefficient (Wildman–Crippen LogP) is 16.9. The fourth-order valence-corrected chi connectivity index (χ4v) is 10.5. The van der Waals surface area contributed by atoms with Crippen molar-refractivity contribution in [2.24, 2.45) is 9.98 Å². The summed E-state index contributed by atoms with van der Waals surface area (Å²) in [5, 5.41) is 4.73. The van der Waals surface area contributed by atoms with E-state index < -0.39 is 5.41 Å². The van der Waals surface area contributed by atoms with Crippen LogP contribution < -0.4 is 0 Å². The Bertz CT molecular complexity index is 3900. The number of rotatable bonds is 10. The van der Waals surface area contributed by atoms with Crippen LogP contribution in [0.5, 0.6) is 0 Å². The summed E-state index contributed by atoms with van der Waals surface area (Å²) in [6.45, 7) is 6.57.